The first-order valence-electron chi connectivity index (χ1n) is 6.94. The van der Waals surface area contributed by atoms with E-state index in [4.69, 9.17) is 4.74 Å². The van der Waals surface area contributed by atoms with E-state index in [1.807, 2.05) is 7.11 Å². The fraction of sp³-hybridized carbons (Fsp3) is 1.00. The number of rotatable bonds is 5. The lowest BCUT2D eigenvalue weighted by atomic mass is 9.80. The molecular weight excluding hydrogens is 198 g/mol. The predicted molar refractivity (Wildman–Crippen MR) is 67.5 cm³/mol. The molecule has 0 bridgehead atoms. The van der Waals surface area contributed by atoms with E-state index >= 15 is 0 Å². The second kappa shape index (κ2) is 5.50. The highest BCUT2D eigenvalue weighted by Crippen LogP contribution is 2.35. The Morgan fingerprint density at radius 1 is 1.12 bits per heavy atom. The van der Waals surface area contributed by atoms with Gasteiger partial charge in [0.25, 0.3) is 0 Å². The number of hydrogen-bond donors (Lipinski definition) is 1. The highest BCUT2D eigenvalue weighted by molar-refractivity contribution is 4.90. The summed E-state index contributed by atoms with van der Waals surface area (Å²) >= 11 is 0. The molecule has 16 heavy (non-hydrogen) atoms. The lowest BCUT2D eigenvalue weighted by Crippen LogP contribution is -2.45. The van der Waals surface area contributed by atoms with Crippen LogP contribution in [0.2, 0.25) is 0 Å². The topological polar surface area (TPSA) is 21.3 Å². The summed E-state index contributed by atoms with van der Waals surface area (Å²) in [5.41, 5.74) is 0. The Morgan fingerprint density at radius 2 is 1.75 bits per heavy atom. The second-order valence-electron chi connectivity index (χ2n) is 6.18. The second-order valence-corrected chi connectivity index (χ2v) is 6.18. The average molecular weight is 225 g/mol. The van der Waals surface area contributed by atoms with Crippen molar-refractivity contribution in [2.24, 2.45) is 17.8 Å². The molecule has 0 aromatic rings. The zero-order chi connectivity index (χ0) is 11.5. The van der Waals surface area contributed by atoms with E-state index in [9.17, 15) is 0 Å². The van der Waals surface area contributed by atoms with Crippen molar-refractivity contribution in [2.75, 3.05) is 13.7 Å². The largest absolute Gasteiger partial charge is 0.383 e. The molecule has 3 atom stereocenters. The maximum atomic E-state index is 5.34. The van der Waals surface area contributed by atoms with Crippen molar-refractivity contribution in [1.29, 1.82) is 0 Å². The molecule has 0 saturated heterocycles. The Kier molecular flexibility index (Phi) is 4.26. The molecule has 2 heteroatoms. The SMILES string of the molecule is COCC(NC1CC(C)CC(C)C1)C1CC1. The summed E-state index contributed by atoms with van der Waals surface area (Å²) in [6.07, 6.45) is 6.93. The van der Waals surface area contributed by atoms with E-state index in [0.29, 0.717) is 6.04 Å². The number of nitrogens with one attached hydrogen (secondary N) is 1. The molecule has 2 fully saturated rings. The highest BCUT2D eigenvalue weighted by Gasteiger charge is 2.34. The Bertz CT molecular complexity index is 205. The van der Waals surface area contributed by atoms with Gasteiger partial charge in [-0.3, -0.25) is 0 Å². The third-order valence-corrected chi connectivity index (χ3v) is 4.17. The van der Waals surface area contributed by atoms with Crippen LogP contribution in [0, 0.1) is 17.8 Å². The molecule has 94 valence electrons. The molecule has 2 rings (SSSR count). The van der Waals surface area contributed by atoms with Gasteiger partial charge in [-0.2, -0.15) is 0 Å². The molecule has 0 aromatic heterocycles. The molecular formula is C14H27NO. The van der Waals surface area contributed by atoms with E-state index in [2.05, 4.69) is 19.2 Å². The minimum absolute atomic E-state index is 0.618. The van der Waals surface area contributed by atoms with Gasteiger partial charge in [-0.15, -0.1) is 0 Å². The first kappa shape index (κ1) is 12.4. The maximum absolute atomic E-state index is 5.34. The van der Waals surface area contributed by atoms with Gasteiger partial charge >= 0.3 is 0 Å². The fourth-order valence-electron chi connectivity index (χ4n) is 3.38. The van der Waals surface area contributed by atoms with Crippen LogP contribution in [0.4, 0.5) is 0 Å². The zero-order valence-electron chi connectivity index (χ0n) is 11.0. The number of ether oxygens (including phenoxy) is 1. The van der Waals surface area contributed by atoms with Crippen LogP contribution < -0.4 is 5.32 Å². The molecule has 0 amide bonds. The summed E-state index contributed by atoms with van der Waals surface area (Å²) < 4.78 is 5.34. The summed E-state index contributed by atoms with van der Waals surface area (Å²) in [5, 5.41) is 3.85. The Balaban J connectivity index is 1.81. The van der Waals surface area contributed by atoms with Gasteiger partial charge in [-0.25, -0.2) is 0 Å². The molecule has 0 radical (unpaired) electrons. The lowest BCUT2D eigenvalue weighted by molar-refractivity contribution is 0.135. The highest BCUT2D eigenvalue weighted by atomic mass is 16.5. The van der Waals surface area contributed by atoms with E-state index in [-0.39, 0.29) is 0 Å². The van der Waals surface area contributed by atoms with Gasteiger partial charge in [0, 0.05) is 19.2 Å². The molecule has 2 aliphatic carbocycles. The molecule has 0 heterocycles. The van der Waals surface area contributed by atoms with Crippen LogP contribution in [0.25, 0.3) is 0 Å². The standard InChI is InChI=1S/C14H27NO/c1-10-6-11(2)8-13(7-10)15-14(9-16-3)12-4-5-12/h10-15H,4-9H2,1-3H3. The van der Waals surface area contributed by atoms with Crippen molar-refractivity contribution >= 4 is 0 Å². The quantitative estimate of drug-likeness (QED) is 0.777. The van der Waals surface area contributed by atoms with Crippen molar-refractivity contribution in [3.05, 3.63) is 0 Å². The van der Waals surface area contributed by atoms with Crippen molar-refractivity contribution in [1.82, 2.24) is 5.32 Å². The van der Waals surface area contributed by atoms with Gasteiger partial charge in [0.1, 0.15) is 0 Å². The maximum Gasteiger partial charge on any atom is 0.0618 e. The summed E-state index contributed by atoms with van der Waals surface area (Å²) in [6, 6.07) is 1.35. The predicted octanol–water partition coefficient (Wildman–Crippen LogP) is 2.83. The third kappa shape index (κ3) is 3.46. The molecule has 2 saturated carbocycles. The van der Waals surface area contributed by atoms with Crippen LogP contribution in [0.15, 0.2) is 0 Å². The minimum Gasteiger partial charge on any atom is -0.383 e. The molecule has 2 aliphatic rings. The monoisotopic (exact) mass is 225 g/mol. The van der Waals surface area contributed by atoms with Gasteiger partial charge < -0.3 is 10.1 Å². The van der Waals surface area contributed by atoms with Crippen LogP contribution in [-0.2, 0) is 4.74 Å². The van der Waals surface area contributed by atoms with Crippen LogP contribution in [0.1, 0.15) is 46.0 Å². The molecule has 0 spiro atoms. The summed E-state index contributed by atoms with van der Waals surface area (Å²) in [4.78, 5) is 0. The van der Waals surface area contributed by atoms with E-state index in [0.717, 1.165) is 30.4 Å². The van der Waals surface area contributed by atoms with Crippen LogP contribution >= 0.6 is 0 Å². The minimum atomic E-state index is 0.618. The Labute approximate surface area is 100 Å². The van der Waals surface area contributed by atoms with Gasteiger partial charge in [-0.05, 0) is 49.9 Å². The third-order valence-electron chi connectivity index (χ3n) is 4.17. The molecule has 2 nitrogen and oxygen atoms in total. The molecule has 3 unspecified atom stereocenters. The Hall–Kier alpha value is -0.0800. The van der Waals surface area contributed by atoms with Gasteiger partial charge in [0.05, 0.1) is 6.61 Å². The van der Waals surface area contributed by atoms with E-state index < -0.39 is 0 Å². The van der Waals surface area contributed by atoms with Crippen LogP contribution in [0.3, 0.4) is 0 Å². The van der Waals surface area contributed by atoms with Gasteiger partial charge in [0.15, 0.2) is 0 Å². The van der Waals surface area contributed by atoms with Crippen LogP contribution in [0.5, 0.6) is 0 Å². The smallest absolute Gasteiger partial charge is 0.0618 e. The summed E-state index contributed by atoms with van der Waals surface area (Å²) in [6.45, 7) is 5.68. The number of methoxy groups -OCH3 is 1. The number of hydrogen-bond acceptors (Lipinski definition) is 2. The Morgan fingerprint density at radius 3 is 2.25 bits per heavy atom. The molecule has 0 aromatic carbocycles. The van der Waals surface area contributed by atoms with Gasteiger partial charge in [0.2, 0.25) is 0 Å². The normalized spacial score (nSPS) is 37.3. The first-order chi connectivity index (χ1) is 7.69. The molecule has 0 aliphatic heterocycles. The van der Waals surface area contributed by atoms with Crippen molar-refractivity contribution < 1.29 is 4.74 Å². The zero-order valence-corrected chi connectivity index (χ0v) is 11.0. The van der Waals surface area contributed by atoms with E-state index in [1.54, 1.807) is 0 Å². The summed E-state index contributed by atoms with van der Waals surface area (Å²) in [5.74, 6) is 2.68. The fourth-order valence-corrected chi connectivity index (χ4v) is 3.38. The van der Waals surface area contributed by atoms with Crippen molar-refractivity contribution in [2.45, 2.75) is 58.0 Å². The van der Waals surface area contributed by atoms with E-state index in [1.165, 1.54) is 32.1 Å². The van der Waals surface area contributed by atoms with Crippen molar-refractivity contribution in [3.8, 4) is 0 Å². The average Bonchev–Trinajstić information content (AvgIpc) is 2.98. The van der Waals surface area contributed by atoms with Crippen molar-refractivity contribution in [3.63, 3.8) is 0 Å². The lowest BCUT2D eigenvalue weighted by Gasteiger charge is -2.34. The van der Waals surface area contributed by atoms with Gasteiger partial charge in [-0.1, -0.05) is 13.8 Å². The summed E-state index contributed by atoms with van der Waals surface area (Å²) in [7, 11) is 1.82. The first-order valence-corrected chi connectivity index (χ1v) is 6.94. The van der Waals surface area contributed by atoms with Crippen LogP contribution in [-0.4, -0.2) is 25.8 Å². The molecule has 1 N–H and O–H groups in total.